The minimum Gasteiger partial charge on any atom is -0.497 e. The van der Waals surface area contributed by atoms with Crippen molar-refractivity contribution in [1.29, 1.82) is 0 Å². The first-order chi connectivity index (χ1) is 7.42. The second kappa shape index (κ2) is 5.60. The molecule has 0 atom stereocenters. The monoisotopic (exact) mass is 239 g/mol. The van der Waals surface area contributed by atoms with Crippen molar-refractivity contribution in [2.24, 2.45) is 5.73 Å². The van der Waals surface area contributed by atoms with Crippen LogP contribution in [0.1, 0.15) is 25.8 Å². The van der Waals surface area contributed by atoms with E-state index in [2.05, 4.69) is 32.9 Å². The summed E-state index contributed by atoms with van der Waals surface area (Å²) in [6, 6.07) is 6.18. The summed E-state index contributed by atoms with van der Waals surface area (Å²) in [5, 5.41) is 0. The number of hydrogen-bond acceptors (Lipinski definition) is 3. The molecule has 0 spiro atoms. The van der Waals surface area contributed by atoms with Crippen LogP contribution in [0.3, 0.4) is 0 Å². The number of methoxy groups -OCH3 is 1. The second-order valence-corrected chi connectivity index (χ2v) is 5.86. The summed E-state index contributed by atoms with van der Waals surface area (Å²) >= 11 is 1.86. The first-order valence-electron chi connectivity index (χ1n) is 5.49. The Morgan fingerprint density at radius 2 is 2.06 bits per heavy atom. The third-order valence-corrected chi connectivity index (χ3v) is 3.56. The van der Waals surface area contributed by atoms with E-state index in [4.69, 9.17) is 10.5 Å². The predicted molar refractivity (Wildman–Crippen MR) is 71.3 cm³/mol. The summed E-state index contributed by atoms with van der Waals surface area (Å²) in [6.07, 6.45) is 1.02. The molecule has 0 saturated heterocycles. The molecule has 0 fully saturated rings. The Morgan fingerprint density at radius 1 is 1.38 bits per heavy atom. The van der Waals surface area contributed by atoms with E-state index >= 15 is 0 Å². The van der Waals surface area contributed by atoms with Gasteiger partial charge in [0.25, 0.3) is 0 Å². The fraction of sp³-hybridized carbons (Fsp3) is 0.538. The summed E-state index contributed by atoms with van der Waals surface area (Å²) in [5.74, 6) is 1.97. The van der Waals surface area contributed by atoms with Crippen LogP contribution in [-0.2, 0) is 0 Å². The third kappa shape index (κ3) is 4.45. The Kier molecular flexibility index (Phi) is 4.69. The van der Waals surface area contributed by atoms with Gasteiger partial charge in [0.2, 0.25) is 0 Å². The Hall–Kier alpha value is -0.670. The third-order valence-electron chi connectivity index (χ3n) is 2.39. The molecule has 16 heavy (non-hydrogen) atoms. The lowest BCUT2D eigenvalue weighted by atomic mass is 10.0. The van der Waals surface area contributed by atoms with Crippen LogP contribution in [0.4, 0.5) is 0 Å². The highest BCUT2D eigenvalue weighted by atomic mass is 32.2. The maximum absolute atomic E-state index is 5.95. The van der Waals surface area contributed by atoms with Crippen LogP contribution in [0.5, 0.6) is 5.75 Å². The molecule has 2 N–H and O–H groups in total. The van der Waals surface area contributed by atoms with Crippen LogP contribution in [-0.4, -0.2) is 18.4 Å². The van der Waals surface area contributed by atoms with Crippen molar-refractivity contribution in [3.63, 3.8) is 0 Å². The molecule has 0 bridgehead atoms. The Bertz CT molecular complexity index is 344. The van der Waals surface area contributed by atoms with Gasteiger partial charge in [-0.3, -0.25) is 0 Å². The van der Waals surface area contributed by atoms with E-state index in [1.54, 1.807) is 7.11 Å². The SMILES string of the molecule is COc1ccc(SCCC(C)(C)N)c(C)c1. The number of rotatable bonds is 5. The molecule has 0 aromatic heterocycles. The fourth-order valence-electron chi connectivity index (χ4n) is 1.33. The summed E-state index contributed by atoms with van der Waals surface area (Å²) in [7, 11) is 1.69. The van der Waals surface area contributed by atoms with Crippen LogP contribution in [0, 0.1) is 6.92 Å². The zero-order valence-corrected chi connectivity index (χ0v) is 11.4. The van der Waals surface area contributed by atoms with E-state index in [9.17, 15) is 0 Å². The van der Waals surface area contributed by atoms with Gasteiger partial charge < -0.3 is 10.5 Å². The Labute approximate surface area is 103 Å². The molecule has 90 valence electrons. The first kappa shape index (κ1) is 13.4. The van der Waals surface area contributed by atoms with Gasteiger partial charge in [0.15, 0.2) is 0 Å². The molecule has 1 rings (SSSR count). The number of hydrogen-bond donors (Lipinski definition) is 1. The number of benzene rings is 1. The zero-order chi connectivity index (χ0) is 12.2. The van der Waals surface area contributed by atoms with Crippen molar-refractivity contribution in [2.45, 2.75) is 37.6 Å². The Morgan fingerprint density at radius 3 is 2.56 bits per heavy atom. The van der Waals surface area contributed by atoms with Gasteiger partial charge in [0.1, 0.15) is 5.75 Å². The number of aryl methyl sites for hydroxylation is 1. The topological polar surface area (TPSA) is 35.2 Å². The Balaban J connectivity index is 2.55. The summed E-state index contributed by atoms with van der Waals surface area (Å²) in [5.41, 5.74) is 7.14. The predicted octanol–water partition coefficient (Wildman–Crippen LogP) is 3.22. The highest BCUT2D eigenvalue weighted by Gasteiger charge is 2.10. The number of ether oxygens (including phenoxy) is 1. The molecule has 1 aromatic carbocycles. The lowest BCUT2D eigenvalue weighted by Gasteiger charge is -2.18. The summed E-state index contributed by atoms with van der Waals surface area (Å²) < 4.78 is 5.18. The smallest absolute Gasteiger partial charge is 0.119 e. The second-order valence-electron chi connectivity index (χ2n) is 4.72. The van der Waals surface area contributed by atoms with Gasteiger partial charge in [-0.05, 0) is 56.7 Å². The highest BCUT2D eigenvalue weighted by Crippen LogP contribution is 2.27. The first-order valence-corrected chi connectivity index (χ1v) is 6.47. The van der Waals surface area contributed by atoms with Crippen LogP contribution >= 0.6 is 11.8 Å². The highest BCUT2D eigenvalue weighted by molar-refractivity contribution is 7.99. The van der Waals surface area contributed by atoms with Gasteiger partial charge in [-0.25, -0.2) is 0 Å². The van der Waals surface area contributed by atoms with E-state index < -0.39 is 0 Å². The molecule has 2 nitrogen and oxygen atoms in total. The lowest BCUT2D eigenvalue weighted by Crippen LogP contribution is -2.32. The van der Waals surface area contributed by atoms with E-state index in [-0.39, 0.29) is 5.54 Å². The minimum absolute atomic E-state index is 0.0760. The average Bonchev–Trinajstić information content (AvgIpc) is 2.18. The molecule has 0 radical (unpaired) electrons. The molecule has 0 aliphatic carbocycles. The van der Waals surface area contributed by atoms with Crippen LogP contribution in [0.15, 0.2) is 23.1 Å². The lowest BCUT2D eigenvalue weighted by molar-refractivity contribution is 0.414. The average molecular weight is 239 g/mol. The molecular formula is C13H21NOS. The van der Waals surface area contributed by atoms with Gasteiger partial charge >= 0.3 is 0 Å². The van der Waals surface area contributed by atoms with Crippen molar-refractivity contribution in [1.82, 2.24) is 0 Å². The van der Waals surface area contributed by atoms with Gasteiger partial charge in [-0.2, -0.15) is 0 Å². The molecule has 0 aliphatic heterocycles. The molecule has 0 saturated carbocycles. The van der Waals surface area contributed by atoms with Crippen LogP contribution < -0.4 is 10.5 Å². The fourth-order valence-corrected chi connectivity index (χ4v) is 2.63. The van der Waals surface area contributed by atoms with Crippen molar-refractivity contribution < 1.29 is 4.74 Å². The van der Waals surface area contributed by atoms with E-state index in [1.807, 2.05) is 17.8 Å². The molecule has 3 heteroatoms. The normalized spacial score (nSPS) is 11.6. The quantitative estimate of drug-likeness (QED) is 0.801. The maximum atomic E-state index is 5.95. The standard InChI is InChI=1S/C13H21NOS/c1-10-9-11(15-4)5-6-12(10)16-8-7-13(2,3)14/h5-6,9H,7-8,14H2,1-4H3. The van der Waals surface area contributed by atoms with Gasteiger partial charge in [0.05, 0.1) is 7.11 Å². The van der Waals surface area contributed by atoms with Crippen molar-refractivity contribution in [2.75, 3.05) is 12.9 Å². The van der Waals surface area contributed by atoms with Crippen LogP contribution in [0.2, 0.25) is 0 Å². The van der Waals surface area contributed by atoms with Gasteiger partial charge in [0, 0.05) is 10.4 Å². The molecule has 0 aliphatic rings. The van der Waals surface area contributed by atoms with Gasteiger partial charge in [-0.1, -0.05) is 0 Å². The molecular weight excluding hydrogens is 218 g/mol. The molecule has 0 heterocycles. The van der Waals surface area contributed by atoms with E-state index in [0.717, 1.165) is 17.9 Å². The van der Waals surface area contributed by atoms with Crippen molar-refractivity contribution >= 4 is 11.8 Å². The molecule has 0 unspecified atom stereocenters. The minimum atomic E-state index is -0.0760. The largest absolute Gasteiger partial charge is 0.497 e. The van der Waals surface area contributed by atoms with Crippen LogP contribution in [0.25, 0.3) is 0 Å². The zero-order valence-electron chi connectivity index (χ0n) is 10.5. The summed E-state index contributed by atoms with van der Waals surface area (Å²) in [4.78, 5) is 1.31. The molecule has 1 aromatic rings. The van der Waals surface area contributed by atoms with E-state index in [1.165, 1.54) is 10.5 Å². The van der Waals surface area contributed by atoms with Gasteiger partial charge in [-0.15, -0.1) is 11.8 Å². The number of nitrogens with two attached hydrogens (primary N) is 1. The van der Waals surface area contributed by atoms with Crippen molar-refractivity contribution in [3.05, 3.63) is 23.8 Å². The maximum Gasteiger partial charge on any atom is 0.119 e. The van der Waals surface area contributed by atoms with Crippen molar-refractivity contribution in [3.8, 4) is 5.75 Å². The molecule has 0 amide bonds. The summed E-state index contributed by atoms with van der Waals surface area (Å²) in [6.45, 7) is 6.24. The number of thioether (sulfide) groups is 1. The van der Waals surface area contributed by atoms with E-state index in [0.29, 0.717) is 0 Å².